The summed E-state index contributed by atoms with van der Waals surface area (Å²) in [4.78, 5) is 28.2. The first kappa shape index (κ1) is 23.7. The number of carbonyl (C=O) groups is 1. The largest absolute Gasteiger partial charge is 0.348 e. The van der Waals surface area contributed by atoms with Crippen molar-refractivity contribution in [3.63, 3.8) is 0 Å². The number of aryl methyl sites for hydroxylation is 3. The van der Waals surface area contributed by atoms with Crippen molar-refractivity contribution in [1.82, 2.24) is 14.9 Å². The number of pyridine rings is 1. The molecule has 0 atom stereocenters. The predicted molar refractivity (Wildman–Crippen MR) is 125 cm³/mol. The quantitative estimate of drug-likeness (QED) is 0.556. The van der Waals surface area contributed by atoms with Gasteiger partial charge in [-0.1, -0.05) is 0 Å². The number of nitrogens with one attached hydrogen (secondary N) is 2. The van der Waals surface area contributed by atoms with E-state index in [0.29, 0.717) is 24.1 Å². The maximum Gasteiger partial charge on any atom is 0.253 e. The molecule has 0 radical (unpaired) electrons. The number of aromatic nitrogens is 2. The molecule has 0 aliphatic carbocycles. The topological polar surface area (TPSA) is 92.9 Å². The fourth-order valence-electron chi connectivity index (χ4n) is 3.93. The van der Waals surface area contributed by atoms with Gasteiger partial charge in [0.15, 0.2) is 0 Å². The maximum atomic E-state index is 13.1. The number of hydrogen-bond acceptors (Lipinski definition) is 3. The van der Waals surface area contributed by atoms with Gasteiger partial charge in [0.05, 0.1) is 0 Å². The molecule has 0 aliphatic heterocycles. The zero-order valence-corrected chi connectivity index (χ0v) is 19.1. The number of benzene rings is 1. The fourth-order valence-corrected chi connectivity index (χ4v) is 3.93. The highest BCUT2D eigenvalue weighted by atomic mass is 35.5. The van der Waals surface area contributed by atoms with Crippen LogP contribution in [-0.2, 0) is 13.0 Å². The second-order valence-corrected chi connectivity index (χ2v) is 8.02. The van der Waals surface area contributed by atoms with Gasteiger partial charge in [-0.25, -0.2) is 0 Å². The summed E-state index contributed by atoms with van der Waals surface area (Å²) >= 11 is 0. The molecule has 4 N–H and O–H groups in total. The normalized spacial score (nSPS) is 11.0. The Morgan fingerprint density at radius 1 is 1.17 bits per heavy atom. The molecule has 0 saturated carbocycles. The number of H-pyrrole nitrogens is 1. The standard InChI is InChI=1S/C23H30N4O2.ClH/c1-13(2)27-12-15(4)21-18(9-17(6-7-24)10-20(21)27)22(28)25-11-19-14(3)8-16(5)26-23(19)29;/h8-10,12-13H,6-7,11,24H2,1-5H3,(H,25,28)(H,26,29);1H. The van der Waals surface area contributed by atoms with Crippen LogP contribution in [0.3, 0.4) is 0 Å². The van der Waals surface area contributed by atoms with Gasteiger partial charge in [0.25, 0.3) is 11.5 Å². The molecular weight excluding hydrogens is 400 g/mol. The summed E-state index contributed by atoms with van der Waals surface area (Å²) < 4.78 is 2.19. The third kappa shape index (κ3) is 4.60. The second-order valence-electron chi connectivity index (χ2n) is 8.02. The van der Waals surface area contributed by atoms with E-state index in [4.69, 9.17) is 5.73 Å². The van der Waals surface area contributed by atoms with Gasteiger partial charge in [-0.15, -0.1) is 12.4 Å². The molecule has 1 aromatic carbocycles. The van der Waals surface area contributed by atoms with Crippen LogP contribution >= 0.6 is 12.4 Å². The van der Waals surface area contributed by atoms with Crippen molar-refractivity contribution in [3.8, 4) is 0 Å². The number of fused-ring (bicyclic) bond motifs is 1. The van der Waals surface area contributed by atoms with Crippen molar-refractivity contribution >= 4 is 29.2 Å². The number of carbonyl (C=O) groups excluding carboxylic acids is 1. The Morgan fingerprint density at radius 2 is 1.87 bits per heavy atom. The minimum absolute atomic E-state index is 0. The van der Waals surface area contributed by atoms with Gasteiger partial charge in [-0.05, 0) is 82.5 Å². The van der Waals surface area contributed by atoms with Crippen molar-refractivity contribution in [2.75, 3.05) is 6.54 Å². The Hall–Kier alpha value is -2.57. The van der Waals surface area contributed by atoms with E-state index in [0.717, 1.165) is 33.3 Å². The van der Waals surface area contributed by atoms with Crippen LogP contribution in [0.5, 0.6) is 0 Å². The molecule has 2 heterocycles. The summed E-state index contributed by atoms with van der Waals surface area (Å²) in [5.74, 6) is -0.183. The average molecular weight is 431 g/mol. The summed E-state index contributed by atoms with van der Waals surface area (Å²) in [6, 6.07) is 6.24. The van der Waals surface area contributed by atoms with E-state index in [1.807, 2.05) is 32.9 Å². The molecule has 1 amide bonds. The molecule has 162 valence electrons. The van der Waals surface area contributed by atoms with E-state index in [-0.39, 0.29) is 36.5 Å². The second kappa shape index (κ2) is 9.49. The fraction of sp³-hybridized carbons (Fsp3) is 0.391. The predicted octanol–water partition coefficient (Wildman–Crippen LogP) is 3.69. The Bertz CT molecular complexity index is 1130. The lowest BCUT2D eigenvalue weighted by Gasteiger charge is -2.13. The van der Waals surface area contributed by atoms with E-state index >= 15 is 0 Å². The summed E-state index contributed by atoms with van der Waals surface area (Å²) in [6.45, 7) is 10.7. The molecule has 0 aliphatic rings. The number of aromatic amines is 1. The number of halogens is 1. The van der Waals surface area contributed by atoms with Gasteiger partial charge in [0, 0.05) is 46.5 Å². The van der Waals surface area contributed by atoms with Gasteiger partial charge < -0.3 is 20.6 Å². The molecule has 3 aromatic rings. The first-order valence-electron chi connectivity index (χ1n) is 10.0. The molecule has 6 nitrogen and oxygen atoms in total. The SMILES string of the molecule is Cc1cc(C)c(CNC(=O)c2cc(CCN)cc3c2c(C)cn3C(C)C)c(=O)[nH]1.Cl. The van der Waals surface area contributed by atoms with Crippen molar-refractivity contribution in [2.45, 2.75) is 53.6 Å². The number of nitrogens with zero attached hydrogens (tertiary/aromatic N) is 1. The highest BCUT2D eigenvalue weighted by molar-refractivity contribution is 6.08. The Balaban J connectivity index is 0.00000320. The van der Waals surface area contributed by atoms with E-state index in [1.54, 1.807) is 0 Å². The number of hydrogen-bond donors (Lipinski definition) is 3. The molecule has 3 rings (SSSR count). The van der Waals surface area contributed by atoms with Gasteiger partial charge in [-0.2, -0.15) is 0 Å². The number of nitrogens with two attached hydrogens (primary N) is 1. The molecule has 0 fully saturated rings. The molecule has 0 unspecified atom stereocenters. The monoisotopic (exact) mass is 430 g/mol. The van der Waals surface area contributed by atoms with Crippen molar-refractivity contribution in [3.05, 3.63) is 68.3 Å². The van der Waals surface area contributed by atoms with Gasteiger partial charge in [-0.3, -0.25) is 9.59 Å². The van der Waals surface area contributed by atoms with Crippen LogP contribution in [-0.4, -0.2) is 22.0 Å². The van der Waals surface area contributed by atoms with Gasteiger partial charge in [0.1, 0.15) is 0 Å². The van der Waals surface area contributed by atoms with Crippen molar-refractivity contribution < 1.29 is 4.79 Å². The van der Waals surface area contributed by atoms with Crippen LogP contribution in [0.4, 0.5) is 0 Å². The maximum absolute atomic E-state index is 13.1. The Labute approximate surface area is 183 Å². The summed E-state index contributed by atoms with van der Waals surface area (Å²) in [7, 11) is 0. The molecule has 30 heavy (non-hydrogen) atoms. The van der Waals surface area contributed by atoms with Crippen LogP contribution in [0.1, 0.15) is 58.2 Å². The minimum atomic E-state index is -0.183. The molecular formula is C23H31ClN4O2. The van der Waals surface area contributed by atoms with Crippen LogP contribution < -0.4 is 16.6 Å². The molecule has 0 spiro atoms. The van der Waals surface area contributed by atoms with Crippen LogP contribution in [0.15, 0.2) is 29.2 Å². The van der Waals surface area contributed by atoms with Crippen LogP contribution in [0.25, 0.3) is 10.9 Å². The molecule has 7 heteroatoms. The lowest BCUT2D eigenvalue weighted by Crippen LogP contribution is -2.28. The number of rotatable bonds is 6. The zero-order chi connectivity index (χ0) is 21.3. The highest BCUT2D eigenvalue weighted by Crippen LogP contribution is 2.29. The van der Waals surface area contributed by atoms with Crippen LogP contribution in [0.2, 0.25) is 0 Å². The molecule has 2 aromatic heterocycles. The van der Waals surface area contributed by atoms with E-state index in [1.165, 1.54) is 0 Å². The molecule has 0 saturated heterocycles. The highest BCUT2D eigenvalue weighted by Gasteiger charge is 2.18. The van der Waals surface area contributed by atoms with Gasteiger partial charge >= 0.3 is 0 Å². The van der Waals surface area contributed by atoms with Crippen molar-refractivity contribution in [2.24, 2.45) is 5.73 Å². The van der Waals surface area contributed by atoms with E-state index < -0.39 is 0 Å². The van der Waals surface area contributed by atoms with Crippen molar-refractivity contribution in [1.29, 1.82) is 0 Å². The van der Waals surface area contributed by atoms with Crippen LogP contribution in [0, 0.1) is 20.8 Å². The summed E-state index contributed by atoms with van der Waals surface area (Å²) in [5.41, 5.74) is 11.6. The lowest BCUT2D eigenvalue weighted by atomic mass is 10.0. The molecule has 0 bridgehead atoms. The Morgan fingerprint density at radius 3 is 2.47 bits per heavy atom. The first-order chi connectivity index (χ1) is 13.7. The first-order valence-corrected chi connectivity index (χ1v) is 10.0. The third-order valence-electron chi connectivity index (χ3n) is 5.34. The van der Waals surface area contributed by atoms with E-state index in [2.05, 4.69) is 41.0 Å². The Kier molecular flexibility index (Phi) is 7.50. The summed E-state index contributed by atoms with van der Waals surface area (Å²) in [6.07, 6.45) is 2.79. The van der Waals surface area contributed by atoms with E-state index in [9.17, 15) is 9.59 Å². The summed E-state index contributed by atoms with van der Waals surface area (Å²) in [5, 5.41) is 3.89. The lowest BCUT2D eigenvalue weighted by molar-refractivity contribution is 0.0952. The minimum Gasteiger partial charge on any atom is -0.348 e. The average Bonchev–Trinajstić information content (AvgIpc) is 2.97. The van der Waals surface area contributed by atoms with Gasteiger partial charge in [0.2, 0.25) is 0 Å². The smallest absolute Gasteiger partial charge is 0.253 e. The zero-order valence-electron chi connectivity index (χ0n) is 18.3. The number of amides is 1. The third-order valence-corrected chi connectivity index (χ3v) is 5.34.